The fraction of sp³-hybridized carbons (Fsp3) is 0.545. The van der Waals surface area contributed by atoms with Crippen LogP contribution in [0.1, 0.15) is 26.3 Å². The Morgan fingerprint density at radius 1 is 1.50 bits per heavy atom. The number of rotatable bonds is 3. The van der Waals surface area contributed by atoms with E-state index in [4.69, 9.17) is 0 Å². The zero-order chi connectivity index (χ0) is 10.7. The summed E-state index contributed by atoms with van der Waals surface area (Å²) in [5, 5.41) is 0. The lowest BCUT2D eigenvalue weighted by Crippen LogP contribution is -2.31. The van der Waals surface area contributed by atoms with Gasteiger partial charge in [0, 0.05) is 18.8 Å². The van der Waals surface area contributed by atoms with Crippen molar-refractivity contribution < 1.29 is 0 Å². The lowest BCUT2D eigenvalue weighted by atomic mass is 10.2. The Bertz CT molecular complexity index is 310. The van der Waals surface area contributed by atoms with Crippen molar-refractivity contribution in [3.8, 4) is 0 Å². The predicted octanol–water partition coefficient (Wildman–Crippen LogP) is 3.39. The van der Waals surface area contributed by atoms with Crippen LogP contribution in [0.2, 0.25) is 0 Å². The summed E-state index contributed by atoms with van der Waals surface area (Å²) in [6.45, 7) is 9.58. The summed E-state index contributed by atoms with van der Waals surface area (Å²) >= 11 is 3.59. The monoisotopic (exact) mass is 256 g/mol. The molecule has 1 aromatic rings. The van der Waals surface area contributed by atoms with Crippen molar-refractivity contribution in [1.29, 1.82) is 0 Å². The molecule has 0 amide bonds. The summed E-state index contributed by atoms with van der Waals surface area (Å²) in [7, 11) is 0. The quantitative estimate of drug-likeness (QED) is 0.825. The standard InChI is InChI=1S/C11H17BrN2/c1-5-14(8(2)3)11-10(12)9(4)6-7-13-11/h6-8H,5H2,1-4H3. The van der Waals surface area contributed by atoms with E-state index in [0.717, 1.165) is 16.8 Å². The Hall–Kier alpha value is -0.570. The number of aromatic nitrogens is 1. The van der Waals surface area contributed by atoms with Gasteiger partial charge in [-0.05, 0) is 55.3 Å². The normalized spacial score (nSPS) is 10.7. The Labute approximate surface area is 94.5 Å². The maximum Gasteiger partial charge on any atom is 0.143 e. The number of anilines is 1. The van der Waals surface area contributed by atoms with Crippen LogP contribution in [0.15, 0.2) is 16.7 Å². The number of nitrogens with zero attached hydrogens (tertiary/aromatic N) is 2. The second-order valence-corrected chi connectivity index (χ2v) is 4.44. The van der Waals surface area contributed by atoms with Crippen molar-refractivity contribution in [2.75, 3.05) is 11.4 Å². The molecule has 1 heterocycles. The van der Waals surface area contributed by atoms with Crippen LogP contribution >= 0.6 is 15.9 Å². The Morgan fingerprint density at radius 2 is 2.14 bits per heavy atom. The molecule has 0 aliphatic heterocycles. The highest BCUT2D eigenvalue weighted by molar-refractivity contribution is 9.10. The molecule has 14 heavy (non-hydrogen) atoms. The molecule has 0 unspecified atom stereocenters. The largest absolute Gasteiger partial charge is 0.354 e. The molecule has 1 rings (SSSR count). The van der Waals surface area contributed by atoms with Crippen LogP contribution in [0.4, 0.5) is 5.82 Å². The lowest BCUT2D eigenvalue weighted by molar-refractivity contribution is 0.691. The Balaban J connectivity index is 3.10. The third kappa shape index (κ3) is 2.27. The predicted molar refractivity (Wildman–Crippen MR) is 64.8 cm³/mol. The summed E-state index contributed by atoms with van der Waals surface area (Å²) in [6, 6.07) is 2.49. The van der Waals surface area contributed by atoms with Crippen LogP contribution < -0.4 is 4.90 Å². The van der Waals surface area contributed by atoms with Gasteiger partial charge in [-0.2, -0.15) is 0 Å². The van der Waals surface area contributed by atoms with E-state index < -0.39 is 0 Å². The van der Waals surface area contributed by atoms with Gasteiger partial charge in [0.2, 0.25) is 0 Å². The molecule has 0 aliphatic rings. The number of halogens is 1. The molecule has 0 aromatic carbocycles. The zero-order valence-electron chi connectivity index (χ0n) is 9.21. The summed E-state index contributed by atoms with van der Waals surface area (Å²) in [5.41, 5.74) is 1.23. The molecule has 78 valence electrons. The van der Waals surface area contributed by atoms with Gasteiger partial charge in [-0.15, -0.1) is 0 Å². The first-order valence-electron chi connectivity index (χ1n) is 4.95. The molecule has 2 nitrogen and oxygen atoms in total. The molecular weight excluding hydrogens is 240 g/mol. The molecule has 0 atom stereocenters. The molecule has 0 fully saturated rings. The minimum atomic E-state index is 0.477. The van der Waals surface area contributed by atoms with Gasteiger partial charge in [-0.3, -0.25) is 0 Å². The smallest absolute Gasteiger partial charge is 0.143 e. The molecule has 0 saturated heterocycles. The highest BCUT2D eigenvalue weighted by Crippen LogP contribution is 2.27. The molecule has 0 spiro atoms. The summed E-state index contributed by atoms with van der Waals surface area (Å²) in [5.74, 6) is 1.04. The second kappa shape index (κ2) is 4.78. The van der Waals surface area contributed by atoms with E-state index in [1.165, 1.54) is 5.56 Å². The second-order valence-electron chi connectivity index (χ2n) is 3.65. The molecule has 0 N–H and O–H groups in total. The molecule has 0 bridgehead atoms. The molecule has 0 radical (unpaired) electrons. The fourth-order valence-corrected chi connectivity index (χ4v) is 1.95. The van der Waals surface area contributed by atoms with E-state index in [9.17, 15) is 0 Å². The van der Waals surface area contributed by atoms with Gasteiger partial charge in [0.1, 0.15) is 5.82 Å². The molecule has 3 heteroatoms. The van der Waals surface area contributed by atoms with Gasteiger partial charge in [0.15, 0.2) is 0 Å². The fourth-order valence-electron chi connectivity index (χ4n) is 1.49. The average Bonchev–Trinajstić information content (AvgIpc) is 2.13. The van der Waals surface area contributed by atoms with Gasteiger partial charge in [0.05, 0.1) is 4.47 Å². The van der Waals surface area contributed by atoms with Crippen molar-refractivity contribution >= 4 is 21.7 Å². The van der Waals surface area contributed by atoms with Crippen LogP contribution in [0.25, 0.3) is 0 Å². The van der Waals surface area contributed by atoms with E-state index in [1.807, 2.05) is 12.3 Å². The topological polar surface area (TPSA) is 16.1 Å². The molecular formula is C11H17BrN2. The van der Waals surface area contributed by atoms with Crippen LogP contribution in [-0.4, -0.2) is 17.6 Å². The average molecular weight is 257 g/mol. The lowest BCUT2D eigenvalue weighted by Gasteiger charge is -2.27. The van der Waals surface area contributed by atoms with E-state index in [-0.39, 0.29) is 0 Å². The zero-order valence-corrected chi connectivity index (χ0v) is 10.8. The Morgan fingerprint density at radius 3 is 2.64 bits per heavy atom. The third-order valence-electron chi connectivity index (χ3n) is 2.30. The molecule has 0 aliphatic carbocycles. The van der Waals surface area contributed by atoms with E-state index in [2.05, 4.69) is 53.5 Å². The van der Waals surface area contributed by atoms with Crippen molar-refractivity contribution in [3.63, 3.8) is 0 Å². The first-order valence-corrected chi connectivity index (χ1v) is 5.75. The number of pyridine rings is 1. The maximum absolute atomic E-state index is 4.41. The van der Waals surface area contributed by atoms with Crippen LogP contribution in [0.3, 0.4) is 0 Å². The number of hydrogen-bond acceptors (Lipinski definition) is 2. The van der Waals surface area contributed by atoms with Gasteiger partial charge in [-0.1, -0.05) is 0 Å². The minimum absolute atomic E-state index is 0.477. The van der Waals surface area contributed by atoms with Crippen molar-refractivity contribution in [3.05, 3.63) is 22.3 Å². The van der Waals surface area contributed by atoms with Crippen molar-refractivity contribution in [2.45, 2.75) is 33.7 Å². The van der Waals surface area contributed by atoms with Gasteiger partial charge < -0.3 is 4.90 Å². The van der Waals surface area contributed by atoms with Crippen molar-refractivity contribution in [2.24, 2.45) is 0 Å². The van der Waals surface area contributed by atoms with Crippen molar-refractivity contribution in [1.82, 2.24) is 4.98 Å². The third-order valence-corrected chi connectivity index (χ3v) is 3.28. The number of aryl methyl sites for hydroxylation is 1. The summed E-state index contributed by atoms with van der Waals surface area (Å²) in [4.78, 5) is 6.69. The van der Waals surface area contributed by atoms with Crippen LogP contribution in [0.5, 0.6) is 0 Å². The SMILES string of the molecule is CCN(c1nccc(C)c1Br)C(C)C. The Kier molecular flexibility index (Phi) is 3.93. The van der Waals surface area contributed by atoms with Gasteiger partial charge >= 0.3 is 0 Å². The highest BCUT2D eigenvalue weighted by atomic mass is 79.9. The molecule has 1 aromatic heterocycles. The van der Waals surface area contributed by atoms with Crippen LogP contribution in [0, 0.1) is 6.92 Å². The van der Waals surface area contributed by atoms with E-state index in [1.54, 1.807) is 0 Å². The van der Waals surface area contributed by atoms with E-state index >= 15 is 0 Å². The summed E-state index contributed by atoms with van der Waals surface area (Å²) < 4.78 is 1.11. The minimum Gasteiger partial charge on any atom is -0.354 e. The van der Waals surface area contributed by atoms with Gasteiger partial charge in [-0.25, -0.2) is 4.98 Å². The molecule has 0 saturated carbocycles. The first-order chi connectivity index (χ1) is 6.57. The van der Waals surface area contributed by atoms with E-state index in [0.29, 0.717) is 6.04 Å². The van der Waals surface area contributed by atoms with Gasteiger partial charge in [0.25, 0.3) is 0 Å². The highest BCUT2D eigenvalue weighted by Gasteiger charge is 2.13. The summed E-state index contributed by atoms with van der Waals surface area (Å²) in [6.07, 6.45) is 1.86. The van der Waals surface area contributed by atoms with Crippen LogP contribution in [-0.2, 0) is 0 Å². The number of hydrogen-bond donors (Lipinski definition) is 0. The maximum atomic E-state index is 4.41. The first kappa shape index (κ1) is 11.5.